The first kappa shape index (κ1) is 13.5. The van der Waals surface area contributed by atoms with Crippen LogP contribution in [0.5, 0.6) is 0 Å². The van der Waals surface area contributed by atoms with Gasteiger partial charge in [0.1, 0.15) is 5.60 Å². The average Bonchev–Trinajstić information content (AvgIpc) is 1.96. The number of carbonyl (C=O) groups excluding carboxylic acids is 2. The summed E-state index contributed by atoms with van der Waals surface area (Å²) in [6.45, 7) is 6.92. The zero-order valence-electron chi connectivity index (χ0n) is 9.75. The predicted molar refractivity (Wildman–Crippen MR) is 68.4 cm³/mol. The van der Waals surface area contributed by atoms with E-state index in [9.17, 15) is 9.59 Å². The molecule has 92 valence electrons. The smallest absolute Gasteiger partial charge is 0.408 e. The molecule has 6 heteroatoms. The Kier molecular flexibility index (Phi) is 4.40. The van der Waals surface area contributed by atoms with Gasteiger partial charge in [-0.15, -0.1) is 0 Å². The van der Waals surface area contributed by atoms with Gasteiger partial charge in [-0.05, 0) is 49.8 Å². The Morgan fingerprint density at radius 2 is 1.94 bits per heavy atom. The van der Waals surface area contributed by atoms with Gasteiger partial charge >= 0.3 is 6.09 Å². The van der Waals surface area contributed by atoms with Crippen molar-refractivity contribution in [3.05, 3.63) is 0 Å². The number of ether oxygens (including phenoxy) is 1. The first-order valence-electron chi connectivity index (χ1n) is 5.22. The normalized spacial score (nSPS) is 17.4. The van der Waals surface area contributed by atoms with Crippen LogP contribution in [0.25, 0.3) is 0 Å². The molecule has 0 aromatic heterocycles. The molecule has 1 atom stereocenters. The number of amides is 2. The number of alkyl carbamates (subject to hydrolysis) is 1. The van der Waals surface area contributed by atoms with Crippen LogP contribution in [0.1, 0.15) is 27.2 Å². The molecule has 1 saturated heterocycles. The first-order chi connectivity index (χ1) is 7.29. The molecule has 1 aliphatic heterocycles. The van der Waals surface area contributed by atoms with Crippen LogP contribution in [-0.4, -0.2) is 39.6 Å². The molecular weight excluding hydrogens is 323 g/mol. The third kappa shape index (κ3) is 4.15. The Balaban J connectivity index is 2.35. The van der Waals surface area contributed by atoms with E-state index < -0.39 is 15.7 Å². The molecule has 1 heterocycles. The number of halogens is 1. The van der Waals surface area contributed by atoms with E-state index in [1.807, 2.05) is 22.6 Å². The molecule has 1 N–H and O–H groups in total. The van der Waals surface area contributed by atoms with Gasteiger partial charge in [0.2, 0.25) is 0 Å². The standard InChI is InChI=1S/C10H17IN2O3/c1-10(2,3)16-9(15)12-7(11)8(14)13-5-4-6-13/h7H,4-6H2,1-3H3,(H,12,15)/t7-/m0/s1. The molecule has 0 bridgehead atoms. The van der Waals surface area contributed by atoms with Gasteiger partial charge in [-0.2, -0.15) is 0 Å². The topological polar surface area (TPSA) is 58.6 Å². The van der Waals surface area contributed by atoms with Crippen LogP contribution in [0.2, 0.25) is 0 Å². The minimum absolute atomic E-state index is 0.0577. The highest BCUT2D eigenvalue weighted by atomic mass is 127. The fraction of sp³-hybridized carbons (Fsp3) is 0.800. The Labute approximate surface area is 109 Å². The molecule has 5 nitrogen and oxygen atoms in total. The Hall–Kier alpha value is -0.530. The quantitative estimate of drug-likeness (QED) is 0.471. The van der Waals surface area contributed by atoms with Crippen molar-refractivity contribution in [3.8, 4) is 0 Å². The van der Waals surface area contributed by atoms with Gasteiger partial charge in [0.15, 0.2) is 4.05 Å². The number of hydrogen-bond acceptors (Lipinski definition) is 3. The van der Waals surface area contributed by atoms with Gasteiger partial charge in [-0.3, -0.25) is 4.79 Å². The number of nitrogens with zero attached hydrogens (tertiary/aromatic N) is 1. The van der Waals surface area contributed by atoms with E-state index in [0.717, 1.165) is 19.5 Å². The number of likely N-dealkylation sites (tertiary alicyclic amines) is 1. The number of carbonyl (C=O) groups is 2. The molecule has 0 aliphatic carbocycles. The minimum atomic E-state index is -0.555. The summed E-state index contributed by atoms with van der Waals surface area (Å²) < 4.78 is 4.52. The van der Waals surface area contributed by atoms with Crippen LogP contribution in [0.3, 0.4) is 0 Å². The fourth-order valence-corrected chi connectivity index (χ4v) is 1.82. The average molecular weight is 340 g/mol. The van der Waals surface area contributed by atoms with E-state index >= 15 is 0 Å². The van der Waals surface area contributed by atoms with Crippen LogP contribution >= 0.6 is 22.6 Å². The molecule has 16 heavy (non-hydrogen) atoms. The van der Waals surface area contributed by atoms with Crippen molar-refractivity contribution >= 4 is 34.6 Å². The Morgan fingerprint density at radius 1 is 1.38 bits per heavy atom. The lowest BCUT2D eigenvalue weighted by atomic mass is 10.2. The summed E-state index contributed by atoms with van der Waals surface area (Å²) in [7, 11) is 0. The van der Waals surface area contributed by atoms with E-state index in [-0.39, 0.29) is 5.91 Å². The Morgan fingerprint density at radius 3 is 2.31 bits per heavy atom. The highest BCUT2D eigenvalue weighted by Gasteiger charge is 2.28. The monoisotopic (exact) mass is 340 g/mol. The highest BCUT2D eigenvalue weighted by molar-refractivity contribution is 14.1. The van der Waals surface area contributed by atoms with E-state index in [1.165, 1.54) is 0 Å². The summed E-state index contributed by atoms with van der Waals surface area (Å²) in [5.74, 6) is -0.0577. The van der Waals surface area contributed by atoms with Gasteiger partial charge < -0.3 is 15.0 Å². The van der Waals surface area contributed by atoms with Gasteiger partial charge in [-0.25, -0.2) is 4.79 Å². The van der Waals surface area contributed by atoms with Gasteiger partial charge in [0.25, 0.3) is 5.91 Å². The van der Waals surface area contributed by atoms with Crippen molar-refractivity contribution in [1.29, 1.82) is 0 Å². The minimum Gasteiger partial charge on any atom is -0.444 e. The zero-order chi connectivity index (χ0) is 12.3. The van der Waals surface area contributed by atoms with Crippen molar-refractivity contribution in [2.45, 2.75) is 36.8 Å². The largest absolute Gasteiger partial charge is 0.444 e. The summed E-state index contributed by atoms with van der Waals surface area (Å²) >= 11 is 1.90. The van der Waals surface area contributed by atoms with Crippen molar-refractivity contribution in [3.63, 3.8) is 0 Å². The lowest BCUT2D eigenvalue weighted by Gasteiger charge is -2.32. The van der Waals surface area contributed by atoms with Crippen molar-refractivity contribution in [2.75, 3.05) is 13.1 Å². The second-order valence-corrected chi connectivity index (χ2v) is 5.93. The molecule has 0 radical (unpaired) electrons. The van der Waals surface area contributed by atoms with Crippen LogP contribution in [-0.2, 0) is 9.53 Å². The predicted octanol–water partition coefficient (Wildman–Crippen LogP) is 1.50. The van der Waals surface area contributed by atoms with Crippen molar-refractivity contribution in [2.24, 2.45) is 0 Å². The molecule has 0 saturated carbocycles. The first-order valence-corrected chi connectivity index (χ1v) is 6.46. The maximum Gasteiger partial charge on any atom is 0.408 e. The third-order valence-corrected chi connectivity index (χ3v) is 2.87. The van der Waals surface area contributed by atoms with Crippen molar-refractivity contribution < 1.29 is 14.3 Å². The van der Waals surface area contributed by atoms with Crippen LogP contribution < -0.4 is 5.32 Å². The van der Waals surface area contributed by atoms with E-state index in [1.54, 1.807) is 25.7 Å². The highest BCUT2D eigenvalue weighted by Crippen LogP contribution is 2.12. The molecule has 0 aromatic carbocycles. The molecule has 2 amide bonds. The second-order valence-electron chi connectivity index (χ2n) is 4.69. The SMILES string of the molecule is CC(C)(C)OC(=O)N[C@H](I)C(=O)N1CCC1. The molecule has 1 rings (SSSR count). The van der Waals surface area contributed by atoms with Crippen LogP contribution in [0.15, 0.2) is 0 Å². The second kappa shape index (κ2) is 5.20. The van der Waals surface area contributed by atoms with Crippen LogP contribution in [0.4, 0.5) is 4.79 Å². The van der Waals surface area contributed by atoms with E-state index in [4.69, 9.17) is 4.74 Å². The molecule has 0 spiro atoms. The molecule has 1 fully saturated rings. The fourth-order valence-electron chi connectivity index (χ4n) is 1.17. The summed E-state index contributed by atoms with van der Waals surface area (Å²) in [6.07, 6.45) is 0.488. The zero-order valence-corrected chi connectivity index (χ0v) is 11.9. The van der Waals surface area contributed by atoms with E-state index in [0.29, 0.717) is 0 Å². The lowest BCUT2D eigenvalue weighted by Crippen LogP contribution is -2.51. The Bertz CT molecular complexity index is 284. The molecular formula is C10H17IN2O3. The summed E-state index contributed by atoms with van der Waals surface area (Å²) in [5.41, 5.74) is -0.541. The van der Waals surface area contributed by atoms with Gasteiger partial charge in [0.05, 0.1) is 0 Å². The summed E-state index contributed by atoms with van der Waals surface area (Å²) in [4.78, 5) is 24.8. The number of rotatable bonds is 2. The van der Waals surface area contributed by atoms with Gasteiger partial charge in [-0.1, -0.05) is 0 Å². The molecule has 0 aromatic rings. The summed E-state index contributed by atoms with van der Waals surface area (Å²) in [6, 6.07) is 0. The number of alkyl halides is 1. The maximum absolute atomic E-state index is 11.7. The number of hydrogen-bond donors (Lipinski definition) is 1. The lowest BCUT2D eigenvalue weighted by molar-refractivity contribution is -0.134. The van der Waals surface area contributed by atoms with E-state index in [2.05, 4.69) is 5.32 Å². The maximum atomic E-state index is 11.7. The third-order valence-electron chi connectivity index (χ3n) is 2.03. The number of nitrogens with one attached hydrogen (secondary N) is 1. The van der Waals surface area contributed by atoms with Crippen molar-refractivity contribution in [1.82, 2.24) is 10.2 Å². The van der Waals surface area contributed by atoms with Crippen LogP contribution in [0, 0.1) is 0 Å². The van der Waals surface area contributed by atoms with Gasteiger partial charge in [0, 0.05) is 13.1 Å². The molecule has 1 aliphatic rings. The summed E-state index contributed by atoms with van der Waals surface area (Å²) in [5, 5.41) is 2.52. The molecule has 0 unspecified atom stereocenters.